The number of pyridine rings is 1. The highest BCUT2D eigenvalue weighted by molar-refractivity contribution is 6.07. The summed E-state index contributed by atoms with van der Waals surface area (Å²) in [6.45, 7) is 2.90. The summed E-state index contributed by atoms with van der Waals surface area (Å²) in [6, 6.07) is 5.62. The molecule has 1 amide bonds. The van der Waals surface area contributed by atoms with Crippen LogP contribution in [0.25, 0.3) is 22.3 Å². The number of carbonyl (C=O) groups excluding carboxylic acids is 1. The first kappa shape index (κ1) is 16.5. The van der Waals surface area contributed by atoms with Gasteiger partial charge in [-0.05, 0) is 37.6 Å². The molecule has 2 aromatic heterocycles. The van der Waals surface area contributed by atoms with E-state index < -0.39 is 11.6 Å². The smallest absolute Gasteiger partial charge is 0.254 e. The van der Waals surface area contributed by atoms with Crippen LogP contribution in [0.2, 0.25) is 0 Å². The fourth-order valence-corrected chi connectivity index (χ4v) is 3.31. The van der Waals surface area contributed by atoms with E-state index in [0.29, 0.717) is 46.6 Å². The molecule has 26 heavy (non-hydrogen) atoms. The number of likely N-dealkylation sites (tertiary alicyclic amines) is 1. The number of nitrogens with zero attached hydrogens (tertiary/aromatic N) is 3. The maximum absolute atomic E-state index is 13.7. The Hall–Kier alpha value is -3.00. The Labute approximate surface area is 148 Å². The van der Waals surface area contributed by atoms with Crippen molar-refractivity contribution in [2.24, 2.45) is 5.73 Å². The molecule has 0 radical (unpaired) electrons. The molecular weight excluding hydrogens is 337 g/mol. The second kappa shape index (κ2) is 6.06. The van der Waals surface area contributed by atoms with Gasteiger partial charge in [0.15, 0.2) is 17.2 Å². The van der Waals surface area contributed by atoms with Crippen molar-refractivity contribution in [2.75, 3.05) is 13.1 Å². The Morgan fingerprint density at radius 1 is 1.42 bits per heavy atom. The third-order valence-electron chi connectivity index (χ3n) is 4.70. The quantitative estimate of drug-likeness (QED) is 0.651. The number of carbonyl (C=O) groups is 1. The molecule has 3 heterocycles. The Morgan fingerprint density at radius 3 is 2.92 bits per heavy atom. The van der Waals surface area contributed by atoms with Gasteiger partial charge in [0.05, 0.1) is 22.3 Å². The molecule has 0 aliphatic carbocycles. The van der Waals surface area contributed by atoms with Gasteiger partial charge in [-0.25, -0.2) is 9.37 Å². The van der Waals surface area contributed by atoms with E-state index in [1.165, 1.54) is 12.1 Å². The molecule has 8 heteroatoms. The van der Waals surface area contributed by atoms with E-state index in [0.717, 1.165) is 6.42 Å². The summed E-state index contributed by atoms with van der Waals surface area (Å²) in [7, 11) is 0. The minimum atomic E-state index is -0.747. The van der Waals surface area contributed by atoms with Crippen LogP contribution < -0.4 is 5.73 Å². The Morgan fingerprint density at radius 2 is 2.23 bits per heavy atom. The van der Waals surface area contributed by atoms with Crippen molar-refractivity contribution in [2.45, 2.75) is 19.4 Å². The van der Waals surface area contributed by atoms with Crippen LogP contribution >= 0.6 is 0 Å². The van der Waals surface area contributed by atoms with Crippen LogP contribution in [0.1, 0.15) is 22.5 Å². The molecule has 0 bridgehead atoms. The SMILES string of the molecule is Cc1n[nH]c2nc(-c3ccc(O)c(F)c3)cc(C(=O)N3CC[C@H](N)C3)c12. The number of rotatable bonds is 2. The zero-order valence-electron chi connectivity index (χ0n) is 14.2. The van der Waals surface area contributed by atoms with Gasteiger partial charge in [-0.1, -0.05) is 0 Å². The number of aromatic nitrogens is 3. The number of phenols is 1. The van der Waals surface area contributed by atoms with Gasteiger partial charge in [0.1, 0.15) is 0 Å². The van der Waals surface area contributed by atoms with Gasteiger partial charge >= 0.3 is 0 Å². The first-order valence-corrected chi connectivity index (χ1v) is 8.33. The second-order valence-electron chi connectivity index (χ2n) is 6.55. The fraction of sp³-hybridized carbons (Fsp3) is 0.278. The van der Waals surface area contributed by atoms with Crippen LogP contribution in [0.3, 0.4) is 0 Å². The summed E-state index contributed by atoms with van der Waals surface area (Å²) >= 11 is 0. The molecule has 1 fully saturated rings. The van der Waals surface area contributed by atoms with E-state index >= 15 is 0 Å². The number of hydrogen-bond acceptors (Lipinski definition) is 5. The van der Waals surface area contributed by atoms with E-state index in [1.807, 2.05) is 0 Å². The van der Waals surface area contributed by atoms with Crippen molar-refractivity contribution in [3.63, 3.8) is 0 Å². The van der Waals surface area contributed by atoms with Gasteiger partial charge in [0, 0.05) is 24.7 Å². The summed E-state index contributed by atoms with van der Waals surface area (Å²) in [5, 5.41) is 17.0. The molecule has 1 saturated heterocycles. The molecule has 1 aliphatic rings. The summed E-state index contributed by atoms with van der Waals surface area (Å²) in [4.78, 5) is 19.2. The van der Waals surface area contributed by atoms with Crippen LogP contribution in [0, 0.1) is 12.7 Å². The zero-order valence-corrected chi connectivity index (χ0v) is 14.2. The highest BCUT2D eigenvalue weighted by Gasteiger charge is 2.27. The minimum Gasteiger partial charge on any atom is -0.505 e. The maximum Gasteiger partial charge on any atom is 0.254 e. The molecule has 1 aromatic carbocycles. The Kier molecular flexibility index (Phi) is 3.84. The summed E-state index contributed by atoms with van der Waals surface area (Å²) in [6.07, 6.45) is 0.764. The number of nitrogens with one attached hydrogen (secondary N) is 1. The number of benzene rings is 1. The molecule has 1 atom stereocenters. The van der Waals surface area contributed by atoms with Crippen LogP contribution in [0.5, 0.6) is 5.75 Å². The van der Waals surface area contributed by atoms with Crippen molar-refractivity contribution < 1.29 is 14.3 Å². The van der Waals surface area contributed by atoms with Gasteiger partial charge in [-0.15, -0.1) is 0 Å². The number of H-pyrrole nitrogens is 1. The number of aromatic amines is 1. The predicted octanol–water partition coefficient (Wildman–Crippen LogP) is 1.95. The molecule has 1 aliphatic heterocycles. The summed E-state index contributed by atoms with van der Waals surface area (Å²) < 4.78 is 13.7. The van der Waals surface area contributed by atoms with Gasteiger partial charge in [0.2, 0.25) is 0 Å². The third-order valence-corrected chi connectivity index (χ3v) is 4.70. The van der Waals surface area contributed by atoms with Gasteiger partial charge in [-0.3, -0.25) is 9.89 Å². The Bertz CT molecular complexity index is 1020. The van der Waals surface area contributed by atoms with Crippen molar-refractivity contribution in [1.82, 2.24) is 20.1 Å². The van der Waals surface area contributed by atoms with Crippen LogP contribution in [-0.4, -0.2) is 50.2 Å². The molecule has 3 aromatic rings. The van der Waals surface area contributed by atoms with Crippen LogP contribution in [-0.2, 0) is 0 Å². The number of aromatic hydroxyl groups is 1. The van der Waals surface area contributed by atoms with Crippen molar-refractivity contribution in [1.29, 1.82) is 0 Å². The summed E-state index contributed by atoms with van der Waals surface area (Å²) in [5.41, 5.74) is 8.39. The molecule has 134 valence electrons. The number of nitrogens with two attached hydrogens (primary N) is 1. The average Bonchev–Trinajstić information content (AvgIpc) is 3.22. The van der Waals surface area contributed by atoms with E-state index in [-0.39, 0.29) is 11.9 Å². The van der Waals surface area contributed by atoms with Gasteiger partial charge in [0.25, 0.3) is 5.91 Å². The first-order chi connectivity index (χ1) is 12.4. The van der Waals surface area contributed by atoms with E-state index in [2.05, 4.69) is 15.2 Å². The van der Waals surface area contributed by atoms with Crippen molar-refractivity contribution in [3.05, 3.63) is 41.3 Å². The number of amides is 1. The number of phenolic OH excluding ortho intramolecular Hbond substituents is 1. The lowest BCUT2D eigenvalue weighted by Gasteiger charge is -2.17. The highest BCUT2D eigenvalue weighted by Crippen LogP contribution is 2.29. The lowest BCUT2D eigenvalue weighted by atomic mass is 10.0. The largest absolute Gasteiger partial charge is 0.505 e. The van der Waals surface area contributed by atoms with Crippen LogP contribution in [0.15, 0.2) is 24.3 Å². The number of aryl methyl sites for hydroxylation is 1. The number of halogens is 1. The lowest BCUT2D eigenvalue weighted by molar-refractivity contribution is 0.0792. The molecule has 7 nitrogen and oxygen atoms in total. The zero-order chi connectivity index (χ0) is 18.4. The van der Waals surface area contributed by atoms with E-state index in [4.69, 9.17) is 5.73 Å². The average molecular weight is 355 g/mol. The first-order valence-electron chi connectivity index (χ1n) is 8.33. The van der Waals surface area contributed by atoms with Gasteiger partial charge < -0.3 is 15.7 Å². The normalized spacial score (nSPS) is 17.2. The molecular formula is C18H18FN5O2. The standard InChI is InChI=1S/C18H18FN5O2/c1-9-16-12(18(26)24-5-4-11(20)8-24)7-14(21-17(16)23-22-9)10-2-3-15(25)13(19)6-10/h2-3,6-7,11,25H,4-5,8,20H2,1H3,(H,21,22,23)/t11-/m0/s1. The van der Waals surface area contributed by atoms with E-state index in [1.54, 1.807) is 24.0 Å². The topological polar surface area (TPSA) is 108 Å². The fourth-order valence-electron chi connectivity index (χ4n) is 3.31. The van der Waals surface area contributed by atoms with Crippen molar-refractivity contribution >= 4 is 16.9 Å². The second-order valence-corrected chi connectivity index (χ2v) is 6.55. The molecule has 0 saturated carbocycles. The van der Waals surface area contributed by atoms with Crippen LogP contribution in [0.4, 0.5) is 4.39 Å². The number of fused-ring (bicyclic) bond motifs is 1. The maximum atomic E-state index is 13.7. The third kappa shape index (κ3) is 2.68. The summed E-state index contributed by atoms with van der Waals surface area (Å²) in [5.74, 6) is -1.33. The molecule has 0 spiro atoms. The monoisotopic (exact) mass is 355 g/mol. The number of hydrogen-bond donors (Lipinski definition) is 3. The van der Waals surface area contributed by atoms with E-state index in [9.17, 15) is 14.3 Å². The van der Waals surface area contributed by atoms with Gasteiger partial charge in [-0.2, -0.15) is 5.10 Å². The molecule has 4 rings (SSSR count). The minimum absolute atomic E-state index is 0.0209. The lowest BCUT2D eigenvalue weighted by Crippen LogP contribution is -2.32. The highest BCUT2D eigenvalue weighted by atomic mass is 19.1. The molecule has 0 unspecified atom stereocenters. The molecule has 4 N–H and O–H groups in total. The predicted molar refractivity (Wildman–Crippen MR) is 94.2 cm³/mol. The van der Waals surface area contributed by atoms with Crippen molar-refractivity contribution in [3.8, 4) is 17.0 Å². The Balaban J connectivity index is 1.86.